The molecule has 1 aliphatic heterocycles. The van der Waals surface area contributed by atoms with E-state index in [9.17, 15) is 15.3 Å². The first-order valence-electron chi connectivity index (χ1n) is 9.19. The summed E-state index contributed by atoms with van der Waals surface area (Å²) in [6.45, 7) is 0.0484. The van der Waals surface area contributed by atoms with E-state index in [1.54, 1.807) is 12.1 Å². The number of hydrogen-bond acceptors (Lipinski definition) is 9. The molecule has 0 saturated carbocycles. The first-order chi connectivity index (χ1) is 14.4. The molecule has 0 aliphatic carbocycles. The summed E-state index contributed by atoms with van der Waals surface area (Å²) in [5.41, 5.74) is 7.58. The highest BCUT2D eigenvalue weighted by Crippen LogP contribution is 2.32. The first-order valence-corrected chi connectivity index (χ1v) is 9.95. The van der Waals surface area contributed by atoms with Crippen LogP contribution < -0.4 is 11.1 Å². The largest absolute Gasteiger partial charge is 0.394 e. The molecule has 160 valence electrons. The molecule has 4 atom stereocenters. The van der Waals surface area contributed by atoms with Crippen molar-refractivity contribution in [1.29, 1.82) is 0 Å². The molecule has 0 unspecified atom stereocenters. The van der Waals surface area contributed by atoms with E-state index >= 15 is 0 Å². The average Bonchev–Trinajstić information content (AvgIpc) is 3.25. The van der Waals surface area contributed by atoms with Crippen molar-refractivity contribution in [2.45, 2.75) is 31.0 Å². The van der Waals surface area contributed by atoms with Gasteiger partial charge in [-0.2, -0.15) is 9.97 Å². The molecule has 3 heterocycles. The second-order valence-corrected chi connectivity index (χ2v) is 7.74. The molecular weight excluding hydrogens is 435 g/mol. The van der Waals surface area contributed by atoms with Crippen molar-refractivity contribution in [2.24, 2.45) is 0 Å². The lowest BCUT2D eigenvalue weighted by molar-refractivity contribution is -0.0511. The van der Waals surface area contributed by atoms with Gasteiger partial charge in [0.15, 0.2) is 17.7 Å². The normalized spacial score (nSPS) is 23.9. The summed E-state index contributed by atoms with van der Waals surface area (Å²) in [5.74, 6) is 0.413. The molecule has 1 saturated heterocycles. The van der Waals surface area contributed by atoms with Gasteiger partial charge < -0.3 is 31.1 Å². The van der Waals surface area contributed by atoms with Crippen LogP contribution in [0.3, 0.4) is 0 Å². The number of nitrogens with two attached hydrogens (primary N) is 1. The van der Waals surface area contributed by atoms with Gasteiger partial charge in [-0.3, -0.25) is 4.57 Å². The minimum atomic E-state index is -1.26. The molecule has 2 aromatic heterocycles. The van der Waals surface area contributed by atoms with Crippen LogP contribution >= 0.6 is 23.2 Å². The summed E-state index contributed by atoms with van der Waals surface area (Å²) in [7, 11) is 0. The van der Waals surface area contributed by atoms with Gasteiger partial charge in [-0.15, -0.1) is 0 Å². The highest BCUT2D eigenvalue weighted by Gasteiger charge is 2.44. The summed E-state index contributed by atoms with van der Waals surface area (Å²) in [6, 6.07) is 5.29. The number of nitrogens with zero attached hydrogens (tertiary/aromatic N) is 4. The van der Waals surface area contributed by atoms with E-state index in [-0.39, 0.29) is 11.8 Å². The molecule has 30 heavy (non-hydrogen) atoms. The predicted octanol–water partition coefficient (Wildman–Crippen LogP) is 0.981. The first kappa shape index (κ1) is 21.0. The number of nitrogens with one attached hydrogen (secondary N) is 1. The van der Waals surface area contributed by atoms with Gasteiger partial charge in [0.25, 0.3) is 0 Å². The number of aliphatic hydroxyl groups excluding tert-OH is 3. The number of ether oxygens (including phenoxy) is 1. The monoisotopic (exact) mass is 454 g/mol. The molecule has 0 spiro atoms. The lowest BCUT2D eigenvalue weighted by Crippen LogP contribution is -2.33. The van der Waals surface area contributed by atoms with Crippen molar-refractivity contribution < 1.29 is 20.1 Å². The number of aromatic nitrogens is 4. The zero-order valence-electron chi connectivity index (χ0n) is 15.6. The van der Waals surface area contributed by atoms with Crippen molar-refractivity contribution in [3.63, 3.8) is 0 Å². The number of imidazole rings is 1. The third kappa shape index (κ3) is 3.89. The molecule has 3 aromatic rings. The van der Waals surface area contributed by atoms with Crippen LogP contribution in [0.4, 0.5) is 11.8 Å². The Balaban J connectivity index is 1.55. The van der Waals surface area contributed by atoms with E-state index in [0.717, 1.165) is 5.56 Å². The SMILES string of the molecule is Nc1nc(NCCc2ccc(Cl)cc2Cl)nc2c1ncn2[C@@H]1O[C@H](CO)[C@@H](O)[C@H]1O. The molecule has 1 aliphatic rings. The average molecular weight is 455 g/mol. The number of fused-ring (bicyclic) bond motifs is 1. The van der Waals surface area contributed by atoms with Gasteiger partial charge in [-0.1, -0.05) is 29.3 Å². The molecule has 1 aromatic carbocycles. The molecule has 1 fully saturated rings. The summed E-state index contributed by atoms with van der Waals surface area (Å²) < 4.78 is 7.01. The Morgan fingerprint density at radius 1 is 1.20 bits per heavy atom. The van der Waals surface area contributed by atoms with Crippen LogP contribution in [0.15, 0.2) is 24.5 Å². The zero-order valence-corrected chi connectivity index (χ0v) is 17.1. The van der Waals surface area contributed by atoms with Crippen LogP contribution in [0.2, 0.25) is 10.0 Å². The van der Waals surface area contributed by atoms with Crippen molar-refractivity contribution in [2.75, 3.05) is 24.2 Å². The highest BCUT2D eigenvalue weighted by atomic mass is 35.5. The van der Waals surface area contributed by atoms with Crippen molar-refractivity contribution in [3.05, 3.63) is 40.1 Å². The van der Waals surface area contributed by atoms with E-state index in [0.29, 0.717) is 34.2 Å². The molecule has 0 amide bonds. The van der Waals surface area contributed by atoms with Crippen LogP contribution in [0.5, 0.6) is 0 Å². The Bertz CT molecular complexity index is 1060. The summed E-state index contributed by atoms with van der Waals surface area (Å²) in [6.07, 6.45) is -2.39. The number of rotatable bonds is 6. The summed E-state index contributed by atoms with van der Waals surface area (Å²) >= 11 is 12.1. The molecule has 12 heteroatoms. The number of anilines is 2. The van der Waals surface area contributed by atoms with Crippen LogP contribution in [-0.2, 0) is 11.2 Å². The summed E-state index contributed by atoms with van der Waals surface area (Å²) in [5, 5.41) is 33.8. The lowest BCUT2D eigenvalue weighted by Gasteiger charge is -2.17. The maximum absolute atomic E-state index is 10.3. The Morgan fingerprint density at radius 3 is 2.70 bits per heavy atom. The minimum Gasteiger partial charge on any atom is -0.394 e. The van der Waals surface area contributed by atoms with E-state index < -0.39 is 31.1 Å². The van der Waals surface area contributed by atoms with Gasteiger partial charge in [-0.05, 0) is 24.1 Å². The van der Waals surface area contributed by atoms with Crippen molar-refractivity contribution in [3.8, 4) is 0 Å². The van der Waals surface area contributed by atoms with Crippen LogP contribution in [0.25, 0.3) is 11.2 Å². The fraction of sp³-hybridized carbons (Fsp3) is 0.389. The zero-order chi connectivity index (χ0) is 21.4. The maximum Gasteiger partial charge on any atom is 0.226 e. The Morgan fingerprint density at radius 2 is 2.00 bits per heavy atom. The second kappa shape index (κ2) is 8.50. The maximum atomic E-state index is 10.3. The number of halogens is 2. The van der Waals surface area contributed by atoms with E-state index in [4.69, 9.17) is 33.7 Å². The van der Waals surface area contributed by atoms with E-state index in [1.807, 2.05) is 6.07 Å². The van der Waals surface area contributed by atoms with Crippen molar-refractivity contribution in [1.82, 2.24) is 19.5 Å². The molecule has 0 bridgehead atoms. The molecule has 10 nitrogen and oxygen atoms in total. The Labute approximate surface area is 181 Å². The fourth-order valence-electron chi connectivity index (χ4n) is 3.35. The fourth-order valence-corrected chi connectivity index (χ4v) is 3.85. The van der Waals surface area contributed by atoms with Gasteiger partial charge in [0.2, 0.25) is 5.95 Å². The van der Waals surface area contributed by atoms with Crippen LogP contribution in [-0.4, -0.2) is 66.3 Å². The third-order valence-electron chi connectivity index (χ3n) is 4.93. The van der Waals surface area contributed by atoms with E-state index in [2.05, 4.69) is 20.3 Å². The number of nitrogen functional groups attached to an aromatic ring is 1. The Hall–Kier alpha value is -2.21. The number of hydrogen-bond donors (Lipinski definition) is 5. The smallest absolute Gasteiger partial charge is 0.226 e. The second-order valence-electron chi connectivity index (χ2n) is 6.90. The molecule has 4 rings (SSSR count). The van der Waals surface area contributed by atoms with Gasteiger partial charge >= 0.3 is 0 Å². The topological polar surface area (TPSA) is 152 Å². The van der Waals surface area contributed by atoms with Crippen molar-refractivity contribution >= 4 is 46.1 Å². The summed E-state index contributed by atoms with van der Waals surface area (Å²) in [4.78, 5) is 12.8. The lowest BCUT2D eigenvalue weighted by atomic mass is 10.1. The van der Waals surface area contributed by atoms with Crippen LogP contribution in [0.1, 0.15) is 11.8 Å². The minimum absolute atomic E-state index is 0.150. The third-order valence-corrected chi connectivity index (χ3v) is 5.52. The number of benzene rings is 1. The van der Waals surface area contributed by atoms with Gasteiger partial charge in [0, 0.05) is 16.6 Å². The Kier molecular flexibility index (Phi) is 5.96. The van der Waals surface area contributed by atoms with Gasteiger partial charge in [0.1, 0.15) is 23.8 Å². The highest BCUT2D eigenvalue weighted by molar-refractivity contribution is 6.35. The van der Waals surface area contributed by atoms with Crippen LogP contribution in [0, 0.1) is 0 Å². The standard InChI is InChI=1S/C18H20Cl2N6O4/c19-9-2-1-8(10(20)5-9)3-4-22-18-24-15(21)12-16(25-18)26(7-23-12)17-14(29)13(28)11(6-27)30-17/h1-2,5,7,11,13-14,17,27-29H,3-4,6H2,(H3,21,22,24,25)/t11-,13-,14-,17-/m1/s1. The van der Waals surface area contributed by atoms with Gasteiger partial charge in [0.05, 0.1) is 12.9 Å². The van der Waals surface area contributed by atoms with E-state index in [1.165, 1.54) is 10.9 Å². The predicted molar refractivity (Wildman–Crippen MR) is 111 cm³/mol. The molecule has 6 N–H and O–H groups in total. The number of aliphatic hydroxyl groups is 3. The quantitative estimate of drug-likeness (QED) is 0.366. The molecular formula is C18H20Cl2N6O4. The van der Waals surface area contributed by atoms with Gasteiger partial charge in [-0.25, -0.2) is 4.98 Å². The molecule has 0 radical (unpaired) electrons.